The maximum Gasteiger partial charge on any atom is 0.255 e. The third kappa shape index (κ3) is 3.75. The van der Waals surface area contributed by atoms with E-state index in [0.717, 1.165) is 23.4 Å². The van der Waals surface area contributed by atoms with Crippen molar-refractivity contribution in [2.24, 2.45) is 0 Å². The molecule has 0 atom stereocenters. The Hall–Kier alpha value is -3.19. The van der Waals surface area contributed by atoms with Gasteiger partial charge in [-0.1, -0.05) is 6.07 Å². The van der Waals surface area contributed by atoms with Crippen molar-refractivity contribution in [3.63, 3.8) is 0 Å². The van der Waals surface area contributed by atoms with Crippen LogP contribution in [-0.2, 0) is 19.5 Å². The second-order valence-corrected chi connectivity index (χ2v) is 6.77. The zero-order valence-electron chi connectivity index (χ0n) is 15.7. The Labute approximate surface area is 162 Å². The van der Waals surface area contributed by atoms with E-state index in [4.69, 9.17) is 4.74 Å². The van der Waals surface area contributed by atoms with Crippen LogP contribution in [0.1, 0.15) is 23.7 Å². The van der Waals surface area contributed by atoms with Crippen LogP contribution >= 0.6 is 0 Å². The normalized spacial score (nSPS) is 13.9. The fraction of sp³-hybridized carbons (Fsp3) is 0.286. The number of pyridine rings is 1. The summed E-state index contributed by atoms with van der Waals surface area (Å²) in [6, 6.07) is 9.04. The minimum absolute atomic E-state index is 0.0952. The van der Waals surface area contributed by atoms with Crippen LogP contribution in [-0.4, -0.2) is 38.1 Å². The fourth-order valence-electron chi connectivity index (χ4n) is 3.45. The molecule has 0 radical (unpaired) electrons. The summed E-state index contributed by atoms with van der Waals surface area (Å²) in [6.45, 7) is 4.40. The molecule has 0 amide bonds. The SMILES string of the molecule is CCOc1cc(CN2CCc3nc(-c4ccncc4)[nH]c(=O)c3C2)ccc1O. The van der Waals surface area contributed by atoms with Crippen LogP contribution in [0.5, 0.6) is 11.5 Å². The number of phenols is 1. The van der Waals surface area contributed by atoms with E-state index >= 15 is 0 Å². The molecule has 7 nitrogen and oxygen atoms in total. The number of nitrogens with zero attached hydrogens (tertiary/aromatic N) is 3. The molecule has 0 unspecified atom stereocenters. The van der Waals surface area contributed by atoms with E-state index in [1.54, 1.807) is 18.5 Å². The summed E-state index contributed by atoms with van der Waals surface area (Å²) in [6.07, 6.45) is 4.09. The first-order valence-electron chi connectivity index (χ1n) is 9.33. The number of phenolic OH excluding ortho intramolecular Hbond substituents is 1. The van der Waals surface area contributed by atoms with Crippen LogP contribution < -0.4 is 10.3 Å². The first-order chi connectivity index (χ1) is 13.6. The maximum absolute atomic E-state index is 12.6. The molecule has 3 aromatic rings. The average Bonchev–Trinajstić information content (AvgIpc) is 2.72. The van der Waals surface area contributed by atoms with Crippen molar-refractivity contribution in [3.05, 3.63) is 69.9 Å². The molecule has 0 saturated carbocycles. The van der Waals surface area contributed by atoms with Gasteiger partial charge in [-0.2, -0.15) is 0 Å². The van der Waals surface area contributed by atoms with Crippen LogP contribution in [0.15, 0.2) is 47.5 Å². The predicted octanol–water partition coefficient (Wildman–Crippen LogP) is 2.49. The van der Waals surface area contributed by atoms with Crippen LogP contribution in [0.25, 0.3) is 11.4 Å². The summed E-state index contributed by atoms with van der Waals surface area (Å²) >= 11 is 0. The number of aromatic nitrogens is 3. The van der Waals surface area contributed by atoms with Crippen molar-refractivity contribution in [1.29, 1.82) is 0 Å². The van der Waals surface area contributed by atoms with Crippen molar-refractivity contribution in [1.82, 2.24) is 19.9 Å². The molecule has 0 fully saturated rings. The molecule has 2 aromatic heterocycles. The molecule has 1 aliphatic rings. The van der Waals surface area contributed by atoms with Crippen LogP contribution in [0.4, 0.5) is 0 Å². The van der Waals surface area contributed by atoms with Gasteiger partial charge in [0.25, 0.3) is 5.56 Å². The molecule has 2 N–H and O–H groups in total. The molecule has 0 bridgehead atoms. The Morgan fingerprint density at radius 1 is 1.25 bits per heavy atom. The number of aromatic hydroxyl groups is 1. The number of aromatic amines is 1. The number of hydrogen-bond acceptors (Lipinski definition) is 6. The number of benzene rings is 1. The van der Waals surface area contributed by atoms with E-state index in [-0.39, 0.29) is 11.3 Å². The van der Waals surface area contributed by atoms with Crippen molar-refractivity contribution >= 4 is 0 Å². The topological polar surface area (TPSA) is 91.3 Å². The van der Waals surface area contributed by atoms with Gasteiger partial charge in [0.15, 0.2) is 11.5 Å². The lowest BCUT2D eigenvalue weighted by Crippen LogP contribution is -2.35. The number of nitrogens with one attached hydrogen (secondary N) is 1. The quantitative estimate of drug-likeness (QED) is 0.709. The lowest BCUT2D eigenvalue weighted by Gasteiger charge is -2.28. The van der Waals surface area contributed by atoms with E-state index in [9.17, 15) is 9.90 Å². The molecule has 0 spiro atoms. The molecule has 3 heterocycles. The van der Waals surface area contributed by atoms with Crippen molar-refractivity contribution in [3.8, 4) is 22.9 Å². The van der Waals surface area contributed by atoms with Gasteiger partial charge >= 0.3 is 0 Å². The highest BCUT2D eigenvalue weighted by Crippen LogP contribution is 2.28. The Balaban J connectivity index is 1.54. The molecule has 0 aliphatic carbocycles. The summed E-state index contributed by atoms with van der Waals surface area (Å²) < 4.78 is 5.46. The van der Waals surface area contributed by atoms with Gasteiger partial charge in [0.1, 0.15) is 5.82 Å². The number of fused-ring (bicyclic) bond motifs is 1. The summed E-state index contributed by atoms with van der Waals surface area (Å²) in [4.78, 5) is 26.4. The number of H-pyrrole nitrogens is 1. The average molecular weight is 378 g/mol. The van der Waals surface area contributed by atoms with E-state index in [1.165, 1.54) is 0 Å². The highest BCUT2D eigenvalue weighted by molar-refractivity contribution is 5.54. The number of rotatable bonds is 5. The molecule has 1 aliphatic heterocycles. The van der Waals surface area contributed by atoms with Gasteiger partial charge in [-0.3, -0.25) is 14.7 Å². The zero-order valence-corrected chi connectivity index (χ0v) is 15.7. The minimum Gasteiger partial charge on any atom is -0.504 e. The molecule has 7 heteroatoms. The van der Waals surface area contributed by atoms with Gasteiger partial charge in [0.2, 0.25) is 0 Å². The molecule has 1 aromatic carbocycles. The lowest BCUT2D eigenvalue weighted by molar-refractivity contribution is 0.241. The largest absolute Gasteiger partial charge is 0.504 e. The molecular formula is C21H22N4O3. The summed E-state index contributed by atoms with van der Waals surface area (Å²) in [5.74, 6) is 1.21. The van der Waals surface area contributed by atoms with Crippen LogP contribution in [0, 0.1) is 0 Å². The van der Waals surface area contributed by atoms with Gasteiger partial charge < -0.3 is 14.8 Å². The second-order valence-electron chi connectivity index (χ2n) is 6.77. The minimum atomic E-state index is -0.0952. The zero-order chi connectivity index (χ0) is 19.5. The smallest absolute Gasteiger partial charge is 0.255 e. The highest BCUT2D eigenvalue weighted by atomic mass is 16.5. The standard InChI is InChI=1S/C21H22N4O3/c1-2-28-19-11-14(3-4-18(19)26)12-25-10-7-17-16(13-25)21(27)24-20(23-17)15-5-8-22-9-6-15/h3-6,8-9,11,26H,2,7,10,12-13H2,1H3,(H,23,24,27). The number of hydrogen-bond donors (Lipinski definition) is 2. The third-order valence-electron chi connectivity index (χ3n) is 4.83. The van der Waals surface area contributed by atoms with Crippen molar-refractivity contribution in [2.45, 2.75) is 26.4 Å². The van der Waals surface area contributed by atoms with Gasteiger partial charge in [-0.05, 0) is 36.8 Å². The van der Waals surface area contributed by atoms with E-state index < -0.39 is 0 Å². The molecule has 28 heavy (non-hydrogen) atoms. The third-order valence-corrected chi connectivity index (χ3v) is 4.83. The first-order valence-corrected chi connectivity index (χ1v) is 9.33. The van der Waals surface area contributed by atoms with E-state index in [1.807, 2.05) is 31.2 Å². The van der Waals surface area contributed by atoms with Crippen LogP contribution in [0.2, 0.25) is 0 Å². The molecule has 4 rings (SSSR count). The van der Waals surface area contributed by atoms with Gasteiger partial charge in [-0.25, -0.2) is 4.98 Å². The summed E-state index contributed by atoms with van der Waals surface area (Å²) in [5, 5.41) is 9.86. The molecule has 144 valence electrons. The second kappa shape index (κ2) is 7.82. The van der Waals surface area contributed by atoms with Crippen molar-refractivity contribution in [2.75, 3.05) is 13.2 Å². The Morgan fingerprint density at radius 2 is 2.07 bits per heavy atom. The number of ether oxygens (including phenoxy) is 1. The van der Waals surface area contributed by atoms with E-state index in [0.29, 0.717) is 43.3 Å². The lowest BCUT2D eigenvalue weighted by atomic mass is 10.1. The first kappa shape index (κ1) is 18.2. The Kier molecular flexibility index (Phi) is 5.08. The summed E-state index contributed by atoms with van der Waals surface area (Å²) in [5.41, 5.74) is 3.36. The van der Waals surface area contributed by atoms with E-state index in [2.05, 4.69) is 19.9 Å². The monoisotopic (exact) mass is 378 g/mol. The predicted molar refractivity (Wildman–Crippen MR) is 105 cm³/mol. The van der Waals surface area contributed by atoms with Gasteiger partial charge in [-0.15, -0.1) is 0 Å². The van der Waals surface area contributed by atoms with Crippen LogP contribution in [0.3, 0.4) is 0 Å². The fourth-order valence-corrected chi connectivity index (χ4v) is 3.45. The Bertz CT molecular complexity index is 1030. The Morgan fingerprint density at radius 3 is 2.86 bits per heavy atom. The summed E-state index contributed by atoms with van der Waals surface area (Å²) in [7, 11) is 0. The maximum atomic E-state index is 12.6. The van der Waals surface area contributed by atoms with Gasteiger partial charge in [0, 0.05) is 44.0 Å². The van der Waals surface area contributed by atoms with Crippen molar-refractivity contribution < 1.29 is 9.84 Å². The molecule has 0 saturated heterocycles. The molecular weight excluding hydrogens is 356 g/mol. The highest BCUT2D eigenvalue weighted by Gasteiger charge is 2.22. The van der Waals surface area contributed by atoms with Gasteiger partial charge in [0.05, 0.1) is 17.9 Å².